The fourth-order valence-corrected chi connectivity index (χ4v) is 2.80. The highest BCUT2D eigenvalue weighted by molar-refractivity contribution is 5.81. The number of rotatable bonds is 5. The van der Waals surface area contributed by atoms with Gasteiger partial charge in [-0.15, -0.1) is 0 Å². The maximum Gasteiger partial charge on any atom is 0.270 e. The number of non-ortho nitro benzene ring substituents is 1. The van der Waals surface area contributed by atoms with E-state index in [0.29, 0.717) is 25.9 Å². The number of carbonyl (C=O) groups is 2. The highest BCUT2D eigenvalue weighted by atomic mass is 16.6. The molecule has 1 saturated heterocycles. The molecule has 0 aromatic heterocycles. The zero-order chi connectivity index (χ0) is 17.7. The van der Waals surface area contributed by atoms with Gasteiger partial charge in [0.2, 0.25) is 11.8 Å². The summed E-state index contributed by atoms with van der Waals surface area (Å²) >= 11 is 0. The minimum Gasteiger partial charge on any atom is -0.508 e. The minimum atomic E-state index is -0.555. The molecule has 0 spiro atoms. The van der Waals surface area contributed by atoms with Crippen LogP contribution < -0.4 is 5.32 Å². The Morgan fingerprint density at radius 3 is 2.88 bits per heavy atom. The number of piperidine rings is 1. The van der Waals surface area contributed by atoms with Gasteiger partial charge >= 0.3 is 0 Å². The van der Waals surface area contributed by atoms with E-state index in [0.717, 1.165) is 6.42 Å². The van der Waals surface area contributed by atoms with E-state index in [4.69, 9.17) is 0 Å². The number of amides is 2. The van der Waals surface area contributed by atoms with Crippen LogP contribution in [-0.4, -0.2) is 39.8 Å². The molecule has 130 valence electrons. The summed E-state index contributed by atoms with van der Waals surface area (Å²) in [5.41, 5.74) is 0.143. The number of aromatic hydroxyl groups is 1. The molecule has 8 nitrogen and oxygen atoms in total. The van der Waals surface area contributed by atoms with E-state index in [-0.39, 0.29) is 41.3 Å². The fourth-order valence-electron chi connectivity index (χ4n) is 2.80. The lowest BCUT2D eigenvalue weighted by Gasteiger charge is -2.31. The number of likely N-dealkylation sites (tertiary alicyclic amines) is 1. The second kappa shape index (κ2) is 7.76. The number of nitrogens with one attached hydrogen (secondary N) is 1. The largest absolute Gasteiger partial charge is 0.508 e. The normalized spacial score (nSPS) is 17.4. The lowest BCUT2D eigenvalue weighted by Crippen LogP contribution is -2.45. The summed E-state index contributed by atoms with van der Waals surface area (Å²) in [5, 5.41) is 23.2. The van der Waals surface area contributed by atoms with Gasteiger partial charge in [0.05, 0.1) is 10.8 Å². The maximum absolute atomic E-state index is 12.3. The van der Waals surface area contributed by atoms with Gasteiger partial charge in [0.25, 0.3) is 5.69 Å². The van der Waals surface area contributed by atoms with Crippen molar-refractivity contribution in [2.24, 2.45) is 5.92 Å². The number of carbonyl (C=O) groups excluding carboxylic acids is 2. The first-order valence-corrected chi connectivity index (χ1v) is 7.94. The Hall–Kier alpha value is -2.64. The van der Waals surface area contributed by atoms with Crippen LogP contribution in [0.4, 0.5) is 5.69 Å². The van der Waals surface area contributed by atoms with Gasteiger partial charge in [-0.05, 0) is 18.9 Å². The molecule has 1 heterocycles. The molecule has 1 aromatic rings. The monoisotopic (exact) mass is 335 g/mol. The standard InChI is InChI=1S/C16H21N3O5/c1-2-15(21)18-7-3-4-11(10-18)16(22)17-9-12-8-13(19(23)24)5-6-14(12)20/h5-6,8,11,20H,2-4,7,9-10H2,1H3,(H,17,22)/t11-/m1/s1. The maximum atomic E-state index is 12.3. The number of phenols is 1. The molecule has 0 saturated carbocycles. The Morgan fingerprint density at radius 1 is 1.46 bits per heavy atom. The summed E-state index contributed by atoms with van der Waals surface area (Å²) in [5.74, 6) is -0.583. The molecule has 1 atom stereocenters. The van der Waals surface area contributed by atoms with Crippen molar-refractivity contribution < 1.29 is 19.6 Å². The van der Waals surface area contributed by atoms with Gasteiger partial charge in [0.15, 0.2) is 0 Å². The van der Waals surface area contributed by atoms with Gasteiger partial charge in [-0.3, -0.25) is 19.7 Å². The highest BCUT2D eigenvalue weighted by Crippen LogP contribution is 2.23. The van der Waals surface area contributed by atoms with Crippen LogP contribution in [0.3, 0.4) is 0 Å². The Kier molecular flexibility index (Phi) is 5.73. The van der Waals surface area contributed by atoms with Gasteiger partial charge < -0.3 is 15.3 Å². The summed E-state index contributed by atoms with van der Waals surface area (Å²) in [6, 6.07) is 3.68. The fraction of sp³-hybridized carbons (Fsp3) is 0.500. The van der Waals surface area contributed by atoms with Crippen LogP contribution in [0.1, 0.15) is 31.7 Å². The average molecular weight is 335 g/mol. The number of nitrogens with zero attached hydrogens (tertiary/aromatic N) is 2. The van der Waals surface area contributed by atoms with E-state index in [2.05, 4.69) is 5.32 Å². The van der Waals surface area contributed by atoms with Crippen LogP contribution in [0.15, 0.2) is 18.2 Å². The molecule has 2 amide bonds. The van der Waals surface area contributed by atoms with E-state index in [1.54, 1.807) is 11.8 Å². The van der Waals surface area contributed by atoms with Gasteiger partial charge in [-0.1, -0.05) is 6.92 Å². The van der Waals surface area contributed by atoms with E-state index < -0.39 is 4.92 Å². The Morgan fingerprint density at radius 2 is 2.21 bits per heavy atom. The third-order valence-electron chi connectivity index (χ3n) is 4.17. The van der Waals surface area contributed by atoms with E-state index in [9.17, 15) is 24.8 Å². The van der Waals surface area contributed by atoms with E-state index >= 15 is 0 Å². The number of hydrogen-bond donors (Lipinski definition) is 2. The summed E-state index contributed by atoms with van der Waals surface area (Å²) in [6.45, 7) is 2.85. The molecule has 1 fully saturated rings. The van der Waals surface area contributed by atoms with Gasteiger partial charge in [-0.2, -0.15) is 0 Å². The second-order valence-electron chi connectivity index (χ2n) is 5.82. The summed E-state index contributed by atoms with van der Waals surface area (Å²) in [7, 11) is 0. The molecule has 0 aliphatic carbocycles. The van der Waals surface area contributed by atoms with Crippen molar-refractivity contribution in [1.29, 1.82) is 0 Å². The van der Waals surface area contributed by atoms with Crippen molar-refractivity contribution in [2.75, 3.05) is 13.1 Å². The average Bonchev–Trinajstić information content (AvgIpc) is 2.59. The van der Waals surface area contributed by atoms with Gasteiger partial charge in [-0.25, -0.2) is 0 Å². The molecule has 1 aromatic carbocycles. The zero-order valence-electron chi connectivity index (χ0n) is 13.5. The molecule has 2 rings (SSSR count). The van der Waals surface area contributed by atoms with Crippen molar-refractivity contribution in [3.63, 3.8) is 0 Å². The third kappa shape index (κ3) is 4.21. The van der Waals surface area contributed by atoms with Gasteiger partial charge in [0.1, 0.15) is 5.75 Å². The Balaban J connectivity index is 1.96. The third-order valence-corrected chi connectivity index (χ3v) is 4.17. The number of phenolic OH excluding ortho intramolecular Hbond substituents is 1. The second-order valence-corrected chi connectivity index (χ2v) is 5.82. The quantitative estimate of drug-likeness (QED) is 0.626. The predicted octanol–water partition coefficient (Wildman–Crippen LogP) is 1.57. The molecule has 1 aliphatic rings. The number of hydrogen-bond acceptors (Lipinski definition) is 5. The van der Waals surface area contributed by atoms with Crippen molar-refractivity contribution in [3.05, 3.63) is 33.9 Å². The molecule has 0 radical (unpaired) electrons. The van der Waals surface area contributed by atoms with Crippen LogP contribution in [0, 0.1) is 16.0 Å². The van der Waals surface area contributed by atoms with Crippen molar-refractivity contribution in [2.45, 2.75) is 32.7 Å². The molecular weight excluding hydrogens is 314 g/mol. The molecule has 8 heteroatoms. The van der Waals surface area contributed by atoms with Crippen LogP contribution in [0.25, 0.3) is 0 Å². The zero-order valence-corrected chi connectivity index (χ0v) is 13.5. The summed E-state index contributed by atoms with van der Waals surface area (Å²) < 4.78 is 0. The highest BCUT2D eigenvalue weighted by Gasteiger charge is 2.27. The number of nitro groups is 1. The molecular formula is C16H21N3O5. The summed E-state index contributed by atoms with van der Waals surface area (Å²) in [4.78, 5) is 36.0. The minimum absolute atomic E-state index is 0.00453. The topological polar surface area (TPSA) is 113 Å². The van der Waals surface area contributed by atoms with Crippen molar-refractivity contribution in [3.8, 4) is 5.75 Å². The Bertz CT molecular complexity index is 647. The first-order chi connectivity index (χ1) is 11.4. The molecule has 0 bridgehead atoms. The number of nitro benzene ring substituents is 1. The van der Waals surface area contributed by atoms with Crippen LogP contribution in [-0.2, 0) is 16.1 Å². The van der Waals surface area contributed by atoms with Crippen LogP contribution in [0.2, 0.25) is 0 Å². The number of benzene rings is 1. The lowest BCUT2D eigenvalue weighted by molar-refractivity contribution is -0.384. The van der Waals surface area contributed by atoms with Crippen LogP contribution >= 0.6 is 0 Å². The molecule has 1 aliphatic heterocycles. The molecule has 2 N–H and O–H groups in total. The molecule has 24 heavy (non-hydrogen) atoms. The SMILES string of the molecule is CCC(=O)N1CCC[C@@H](C(=O)NCc2cc([N+](=O)[O-])ccc2O)C1. The predicted molar refractivity (Wildman–Crippen MR) is 86.2 cm³/mol. The van der Waals surface area contributed by atoms with E-state index in [1.807, 2.05) is 0 Å². The van der Waals surface area contributed by atoms with Crippen molar-refractivity contribution >= 4 is 17.5 Å². The smallest absolute Gasteiger partial charge is 0.270 e. The Labute approximate surface area is 139 Å². The van der Waals surface area contributed by atoms with Gasteiger partial charge in [0, 0.05) is 43.8 Å². The first-order valence-electron chi connectivity index (χ1n) is 7.94. The first kappa shape index (κ1) is 17.7. The molecule has 0 unspecified atom stereocenters. The van der Waals surface area contributed by atoms with Crippen LogP contribution in [0.5, 0.6) is 5.75 Å². The van der Waals surface area contributed by atoms with Crippen molar-refractivity contribution in [1.82, 2.24) is 10.2 Å². The summed E-state index contributed by atoms with van der Waals surface area (Å²) in [6.07, 6.45) is 1.88. The van der Waals surface area contributed by atoms with E-state index in [1.165, 1.54) is 18.2 Å². The lowest BCUT2D eigenvalue weighted by atomic mass is 9.96.